The molecule has 0 radical (unpaired) electrons. The summed E-state index contributed by atoms with van der Waals surface area (Å²) in [6, 6.07) is 7.79. The number of pyridine rings is 1. The smallest absolute Gasteiger partial charge is 0.336 e. The lowest BCUT2D eigenvalue weighted by atomic mass is 9.97. The lowest BCUT2D eigenvalue weighted by molar-refractivity contribution is -0.137. The lowest BCUT2D eigenvalue weighted by Gasteiger charge is -2.38. The number of carbonyl (C=O) groups excluding carboxylic acids is 1. The van der Waals surface area contributed by atoms with Gasteiger partial charge >= 0.3 is 6.18 Å². The van der Waals surface area contributed by atoms with E-state index in [1.807, 2.05) is 13.8 Å². The number of hydrogen-bond acceptors (Lipinski definition) is 8. The summed E-state index contributed by atoms with van der Waals surface area (Å²) in [7, 11) is -3.51. The van der Waals surface area contributed by atoms with Crippen LogP contribution in [0.5, 0.6) is 0 Å². The average Bonchev–Trinajstić information content (AvgIpc) is 2.91. The first kappa shape index (κ1) is 30.2. The third-order valence-electron chi connectivity index (χ3n) is 6.77. The fourth-order valence-corrected chi connectivity index (χ4v) is 5.21. The largest absolute Gasteiger partial charge is 0.416 e. The highest BCUT2D eigenvalue weighted by Gasteiger charge is 2.31. The molecular formula is C27H32F3N7O3S. The molecule has 2 aromatic heterocycles. The SMILES string of the molecule is CCc1nc(Nc2ccc(C(F)(F)F)cc2)ncc1CN[C@H]1CCN(C(=O)c2ccnc(NS(C)(=O)=O)c2)[C@H](C)C1. The van der Waals surface area contributed by atoms with Crippen molar-refractivity contribution in [3.63, 3.8) is 0 Å². The van der Waals surface area contributed by atoms with E-state index in [0.717, 1.165) is 42.5 Å². The van der Waals surface area contributed by atoms with E-state index in [9.17, 15) is 26.4 Å². The number of alkyl halides is 3. The number of carbonyl (C=O) groups is 1. The number of halogens is 3. The molecule has 41 heavy (non-hydrogen) atoms. The average molecular weight is 592 g/mol. The zero-order chi connectivity index (χ0) is 29.8. The van der Waals surface area contributed by atoms with Crippen molar-refractivity contribution in [2.24, 2.45) is 0 Å². The number of anilines is 3. The quantitative estimate of drug-likeness (QED) is 0.335. The van der Waals surface area contributed by atoms with Crippen LogP contribution >= 0.6 is 0 Å². The van der Waals surface area contributed by atoms with Crippen LogP contribution in [-0.4, -0.2) is 59.1 Å². The summed E-state index contributed by atoms with van der Waals surface area (Å²) in [6.07, 6.45) is 1.83. The van der Waals surface area contributed by atoms with Gasteiger partial charge in [-0.15, -0.1) is 0 Å². The van der Waals surface area contributed by atoms with E-state index in [1.165, 1.54) is 24.4 Å². The van der Waals surface area contributed by atoms with Crippen LogP contribution in [-0.2, 0) is 29.2 Å². The van der Waals surface area contributed by atoms with Crippen LogP contribution in [0.25, 0.3) is 0 Å². The number of aromatic nitrogens is 3. The molecule has 1 aliphatic heterocycles. The zero-order valence-corrected chi connectivity index (χ0v) is 23.7. The van der Waals surface area contributed by atoms with E-state index in [2.05, 4.69) is 30.3 Å². The number of aryl methyl sites for hydroxylation is 1. The van der Waals surface area contributed by atoms with E-state index in [0.29, 0.717) is 36.7 Å². The van der Waals surface area contributed by atoms with E-state index >= 15 is 0 Å². The number of rotatable bonds is 9. The Hall–Kier alpha value is -3.78. The highest BCUT2D eigenvalue weighted by atomic mass is 32.2. The number of sulfonamides is 1. The van der Waals surface area contributed by atoms with E-state index < -0.39 is 21.8 Å². The number of likely N-dealkylation sites (tertiary alicyclic amines) is 1. The first-order valence-electron chi connectivity index (χ1n) is 13.1. The van der Waals surface area contributed by atoms with Crippen LogP contribution in [0.4, 0.5) is 30.6 Å². The summed E-state index contributed by atoms with van der Waals surface area (Å²) in [6.45, 7) is 5.00. The Morgan fingerprint density at radius 3 is 2.51 bits per heavy atom. The second-order valence-electron chi connectivity index (χ2n) is 9.97. The van der Waals surface area contributed by atoms with Gasteiger partial charge < -0.3 is 15.5 Å². The first-order chi connectivity index (χ1) is 19.3. The Morgan fingerprint density at radius 1 is 1.15 bits per heavy atom. The van der Waals surface area contributed by atoms with Crippen LogP contribution in [0.15, 0.2) is 48.8 Å². The molecule has 2 atom stereocenters. The van der Waals surface area contributed by atoms with Crippen LogP contribution in [0.3, 0.4) is 0 Å². The molecule has 3 heterocycles. The predicted octanol–water partition coefficient (Wildman–Crippen LogP) is 4.35. The van der Waals surface area contributed by atoms with Crippen molar-refractivity contribution in [3.8, 4) is 0 Å². The molecule has 1 saturated heterocycles. The molecule has 3 aromatic rings. The Balaban J connectivity index is 1.33. The Labute approximate surface area is 236 Å². The summed E-state index contributed by atoms with van der Waals surface area (Å²) in [5.41, 5.74) is 1.82. The predicted molar refractivity (Wildman–Crippen MR) is 149 cm³/mol. The molecule has 4 rings (SSSR count). The maximum atomic E-state index is 13.1. The number of amides is 1. The maximum Gasteiger partial charge on any atom is 0.416 e. The summed E-state index contributed by atoms with van der Waals surface area (Å²) in [5.74, 6) is 0.210. The molecule has 1 amide bonds. The molecule has 0 bridgehead atoms. The fourth-order valence-electron chi connectivity index (χ4n) is 4.72. The monoisotopic (exact) mass is 591 g/mol. The van der Waals surface area contributed by atoms with Crippen LogP contribution in [0.1, 0.15) is 53.9 Å². The van der Waals surface area contributed by atoms with E-state index in [-0.39, 0.29) is 23.8 Å². The van der Waals surface area contributed by atoms with Gasteiger partial charge in [0.1, 0.15) is 5.82 Å². The van der Waals surface area contributed by atoms with Crippen molar-refractivity contribution in [3.05, 3.63) is 71.2 Å². The fraction of sp³-hybridized carbons (Fsp3) is 0.407. The molecule has 0 unspecified atom stereocenters. The summed E-state index contributed by atoms with van der Waals surface area (Å²) >= 11 is 0. The second-order valence-corrected chi connectivity index (χ2v) is 11.7. The van der Waals surface area contributed by atoms with Gasteiger partial charge in [-0.25, -0.2) is 23.4 Å². The molecular weight excluding hydrogens is 559 g/mol. The van der Waals surface area contributed by atoms with Gasteiger partial charge in [-0.3, -0.25) is 9.52 Å². The molecule has 0 aliphatic carbocycles. The summed E-state index contributed by atoms with van der Waals surface area (Å²) in [4.78, 5) is 27.8. The van der Waals surface area contributed by atoms with Gasteiger partial charge in [0.25, 0.3) is 5.91 Å². The lowest BCUT2D eigenvalue weighted by Crippen LogP contribution is -2.49. The van der Waals surface area contributed by atoms with Gasteiger partial charge in [0, 0.05) is 54.4 Å². The molecule has 220 valence electrons. The molecule has 14 heteroatoms. The number of nitrogens with one attached hydrogen (secondary N) is 3. The van der Waals surface area contributed by atoms with Crippen molar-refractivity contribution in [2.75, 3.05) is 22.8 Å². The summed E-state index contributed by atoms with van der Waals surface area (Å²) < 4.78 is 63.7. The Morgan fingerprint density at radius 2 is 1.88 bits per heavy atom. The number of piperidine rings is 1. The van der Waals surface area contributed by atoms with Crippen LogP contribution in [0.2, 0.25) is 0 Å². The van der Waals surface area contributed by atoms with Crippen molar-refractivity contribution < 1.29 is 26.4 Å². The highest BCUT2D eigenvalue weighted by molar-refractivity contribution is 7.92. The van der Waals surface area contributed by atoms with Crippen LogP contribution < -0.4 is 15.4 Å². The van der Waals surface area contributed by atoms with Crippen molar-refractivity contribution in [2.45, 2.75) is 57.9 Å². The third kappa shape index (κ3) is 8.13. The molecule has 0 spiro atoms. The topological polar surface area (TPSA) is 129 Å². The van der Waals surface area contributed by atoms with Crippen molar-refractivity contribution in [1.29, 1.82) is 0 Å². The van der Waals surface area contributed by atoms with E-state index in [1.54, 1.807) is 17.2 Å². The third-order valence-corrected chi connectivity index (χ3v) is 7.35. The minimum absolute atomic E-state index is 0.0505. The van der Waals surface area contributed by atoms with Gasteiger partial charge in [-0.05, 0) is 62.6 Å². The van der Waals surface area contributed by atoms with Gasteiger partial charge in [0.15, 0.2) is 0 Å². The van der Waals surface area contributed by atoms with Crippen LogP contribution in [0, 0.1) is 0 Å². The molecule has 1 fully saturated rings. The minimum Gasteiger partial charge on any atom is -0.336 e. The van der Waals surface area contributed by atoms with Gasteiger partial charge in [0.2, 0.25) is 16.0 Å². The summed E-state index contributed by atoms with van der Waals surface area (Å²) in [5, 5.41) is 6.49. The number of hydrogen-bond donors (Lipinski definition) is 3. The Kier molecular flexibility index (Phi) is 9.12. The second kappa shape index (κ2) is 12.4. The molecule has 10 nitrogen and oxygen atoms in total. The maximum absolute atomic E-state index is 13.1. The number of nitrogens with zero attached hydrogens (tertiary/aromatic N) is 4. The number of benzene rings is 1. The van der Waals surface area contributed by atoms with Gasteiger partial charge in [0.05, 0.1) is 17.5 Å². The van der Waals surface area contributed by atoms with Gasteiger partial charge in [-0.2, -0.15) is 13.2 Å². The van der Waals surface area contributed by atoms with E-state index in [4.69, 9.17) is 0 Å². The zero-order valence-electron chi connectivity index (χ0n) is 22.9. The Bertz CT molecular complexity index is 1480. The molecule has 1 aromatic carbocycles. The normalized spacial score (nSPS) is 17.8. The van der Waals surface area contributed by atoms with Crippen molar-refractivity contribution >= 4 is 33.4 Å². The molecule has 1 aliphatic rings. The molecule has 3 N–H and O–H groups in total. The minimum atomic E-state index is -4.40. The highest BCUT2D eigenvalue weighted by Crippen LogP contribution is 2.30. The van der Waals surface area contributed by atoms with Crippen molar-refractivity contribution in [1.82, 2.24) is 25.2 Å². The first-order valence-corrected chi connectivity index (χ1v) is 15.0. The van der Waals surface area contributed by atoms with Gasteiger partial charge in [-0.1, -0.05) is 6.92 Å². The standard InChI is InChI=1S/C27H32F3N7O3S/c1-4-23-19(16-33-26(35-23)34-21-7-5-20(6-8-21)27(28,29)30)15-32-22-10-12-37(17(2)13-22)25(38)18-9-11-31-24(14-18)36-41(3,39)40/h5-9,11,14,16-17,22,32H,4,10,12-13,15H2,1-3H3,(H,31,36)(H,33,34,35)/t17-,22+/m1/s1. The molecule has 0 saturated carbocycles.